The van der Waals surface area contributed by atoms with E-state index in [0.29, 0.717) is 19.3 Å². The van der Waals surface area contributed by atoms with Crippen molar-refractivity contribution < 1.29 is 57.0 Å². The van der Waals surface area contributed by atoms with Crippen LogP contribution in [0, 0.1) is 11.8 Å². The van der Waals surface area contributed by atoms with E-state index < -0.39 is 109 Å². The van der Waals surface area contributed by atoms with Crippen molar-refractivity contribution in [1.29, 1.82) is 0 Å². The second kappa shape index (κ2) is 26.3. The summed E-state index contributed by atoms with van der Waals surface area (Å²) in [4.78, 5) is 113. The zero-order valence-electron chi connectivity index (χ0n) is 44.1. The van der Waals surface area contributed by atoms with Crippen molar-refractivity contribution in [2.75, 3.05) is 27.2 Å². The molecule has 1 fully saturated rings. The fourth-order valence-corrected chi connectivity index (χ4v) is 11.1. The molecule has 20 heteroatoms. The number of esters is 1. The Bertz CT molecular complexity index is 1690. The number of carbonyl (C=O) groups is 8. The summed E-state index contributed by atoms with van der Waals surface area (Å²) in [6.45, 7) is 29.1. The Labute approximate surface area is 401 Å². The summed E-state index contributed by atoms with van der Waals surface area (Å²) in [6.07, 6.45) is -1.41. The van der Waals surface area contributed by atoms with Crippen LogP contribution in [0.3, 0.4) is 0 Å². The Kier molecular flexibility index (Phi) is 23.8. The Hall–Kier alpha value is -4.46. The minimum absolute atomic E-state index is 0.00936. The maximum absolute atomic E-state index is 14.6. The number of hydrogen-bond donors (Lipinski definition) is 4. The second-order valence-electron chi connectivity index (χ2n) is 20.5. The molecule has 0 saturated carbocycles. The minimum Gasteiger partial charge on any atom is -0.452 e. The topological polar surface area (TPSA) is 231 Å². The van der Waals surface area contributed by atoms with Crippen LogP contribution in [0.1, 0.15) is 149 Å². The lowest BCUT2D eigenvalue weighted by molar-refractivity contribution is -0.164. The predicted molar refractivity (Wildman–Crippen MR) is 258 cm³/mol. The molecule has 0 bridgehead atoms. The number of nitrogens with one attached hydrogen (secondary N) is 4. The fraction of sp³-hybridized carbons (Fsp3) is 0.830. The Morgan fingerprint density at radius 1 is 0.731 bits per heavy atom. The summed E-state index contributed by atoms with van der Waals surface area (Å²) in [5.41, 5.74) is 2.02. The van der Waals surface area contributed by atoms with Crippen molar-refractivity contribution in [2.45, 2.75) is 215 Å². The van der Waals surface area contributed by atoms with Gasteiger partial charge in [0.15, 0.2) is 14.4 Å². The van der Waals surface area contributed by atoms with Gasteiger partial charge in [-0.3, -0.25) is 34.2 Å². The summed E-state index contributed by atoms with van der Waals surface area (Å²) < 4.78 is 23.2. The molecule has 0 radical (unpaired) electrons. The lowest BCUT2D eigenvalue weighted by Gasteiger charge is -2.40. The Morgan fingerprint density at radius 2 is 1.27 bits per heavy atom. The van der Waals surface area contributed by atoms with Crippen molar-refractivity contribution >= 4 is 56.0 Å². The van der Waals surface area contributed by atoms with Crippen LogP contribution >= 0.6 is 0 Å². The highest BCUT2D eigenvalue weighted by molar-refractivity contribution is 6.73. The maximum atomic E-state index is 14.6. The zero-order chi connectivity index (χ0) is 51.8. The van der Waals surface area contributed by atoms with Gasteiger partial charge in [-0.2, -0.15) is 0 Å². The number of hydrogen-bond acceptors (Lipinski definition) is 12. The quantitative estimate of drug-likeness (QED) is 0.0412. The van der Waals surface area contributed by atoms with Crippen molar-refractivity contribution in [2.24, 2.45) is 11.8 Å². The number of likely N-dealkylation sites (tertiary alicyclic amines) is 1. The largest absolute Gasteiger partial charge is 0.452 e. The summed E-state index contributed by atoms with van der Waals surface area (Å²) in [5, 5.41) is 5.47. The highest BCUT2D eigenvalue weighted by Crippen LogP contribution is 2.32. The Morgan fingerprint density at radius 3 is 1.78 bits per heavy atom. The molecule has 19 nitrogen and oxygen atoms in total. The molecule has 0 unspecified atom stereocenters. The fourth-order valence-electron chi connectivity index (χ4n) is 7.91. The summed E-state index contributed by atoms with van der Waals surface area (Å²) >= 11 is 0. The van der Waals surface area contributed by atoms with E-state index in [0.717, 1.165) is 18.1 Å². The third-order valence-corrected chi connectivity index (χ3v) is 17.3. The molecule has 0 aromatic rings. The van der Waals surface area contributed by atoms with E-state index >= 15 is 0 Å². The van der Waals surface area contributed by atoms with Crippen LogP contribution in [0.4, 0.5) is 9.59 Å². The number of rotatable bonds is 23. The maximum Gasteiger partial charge on any atom is 0.426 e. The minimum atomic E-state index is -2.21. The van der Waals surface area contributed by atoms with Gasteiger partial charge in [-0.1, -0.05) is 61.3 Å². The van der Waals surface area contributed by atoms with E-state index in [1.165, 1.54) is 35.7 Å². The average Bonchev–Trinajstić information content (AvgIpc) is 3.74. The van der Waals surface area contributed by atoms with E-state index in [9.17, 15) is 38.4 Å². The van der Waals surface area contributed by atoms with Crippen LogP contribution in [-0.2, 0) is 47.4 Å². The predicted octanol–water partition coefficient (Wildman–Crippen LogP) is 5.80. The highest BCUT2D eigenvalue weighted by Gasteiger charge is 2.45. The standard InChI is InChI=1S/C47H87N7O12Si/c1-19-30(6)36(41(59)53(18)37(31(7)20-2)42(60)52(17)32(8)38(56)50-51-44(62)65-46(12,13)14)49-39(57)33-25-24-28-54(33)40(58)34(29-47(15,16)66-67(21-3,22-4)23-5)63-35(55)26-27-48-43(61)64-45(9,10)11/h30-34,36-37H,19-29H2,1-18H3,(H,48,61)(H,49,57)(H,50,56)(H,51,62)/t30-,31-,32-,33-,34+,36-,37-/m0/s1. The van der Waals surface area contributed by atoms with Crippen LogP contribution < -0.4 is 21.5 Å². The molecular formula is C47H87N7O12Si. The van der Waals surface area contributed by atoms with Gasteiger partial charge in [-0.05, 0) is 105 Å². The van der Waals surface area contributed by atoms with E-state index in [1.54, 1.807) is 41.5 Å². The molecule has 0 spiro atoms. The van der Waals surface area contributed by atoms with Gasteiger partial charge in [-0.15, -0.1) is 0 Å². The number of carbonyl (C=O) groups excluding carboxylic acids is 8. The number of likely N-dealkylation sites (N-methyl/N-ethyl adjacent to an activating group) is 2. The average molecular weight is 970 g/mol. The highest BCUT2D eigenvalue weighted by atomic mass is 28.4. The third-order valence-electron chi connectivity index (χ3n) is 12.5. The molecule has 1 aliphatic rings. The molecule has 1 aliphatic heterocycles. The lowest BCUT2D eigenvalue weighted by Crippen LogP contribution is -2.61. The van der Waals surface area contributed by atoms with Gasteiger partial charge in [0.2, 0.25) is 17.7 Å². The molecule has 4 N–H and O–H groups in total. The Balaban J connectivity index is 3.45. The molecule has 0 aromatic heterocycles. The molecule has 67 heavy (non-hydrogen) atoms. The first-order chi connectivity index (χ1) is 30.8. The first-order valence-electron chi connectivity index (χ1n) is 24.1. The van der Waals surface area contributed by atoms with Gasteiger partial charge in [-0.25, -0.2) is 15.0 Å². The van der Waals surface area contributed by atoms with Crippen LogP contribution in [-0.4, -0.2) is 145 Å². The molecule has 386 valence electrons. The number of amides is 7. The van der Waals surface area contributed by atoms with Crippen molar-refractivity contribution in [3.05, 3.63) is 0 Å². The molecule has 7 amide bonds. The molecular weight excluding hydrogens is 883 g/mol. The van der Waals surface area contributed by atoms with Crippen molar-refractivity contribution in [1.82, 2.24) is 36.2 Å². The van der Waals surface area contributed by atoms with Gasteiger partial charge in [0.05, 0.1) is 12.0 Å². The number of alkyl carbamates (subject to hydrolysis) is 1. The molecule has 0 aliphatic carbocycles. The lowest BCUT2D eigenvalue weighted by atomic mass is 9.92. The SMILES string of the molecule is CC[C@H](C)[C@H](NC(=O)[C@@H]1CCCN1C(=O)[C@@H](CC(C)(C)O[Si](CC)(CC)CC)OC(=O)CCNC(=O)OC(C)(C)C)C(=O)N(C)[C@H](C(=O)N(C)[C@@H](C)C(=O)NNC(=O)OC(C)(C)C)[C@@H](C)CC. The number of hydrazine groups is 1. The van der Waals surface area contributed by atoms with E-state index in [-0.39, 0.29) is 38.3 Å². The molecule has 1 saturated heterocycles. The molecule has 7 atom stereocenters. The summed E-state index contributed by atoms with van der Waals surface area (Å²) in [6, 6.07) is -1.66. The molecule has 0 aromatic carbocycles. The smallest absolute Gasteiger partial charge is 0.426 e. The van der Waals surface area contributed by atoms with Crippen molar-refractivity contribution in [3.63, 3.8) is 0 Å². The number of ether oxygens (including phenoxy) is 3. The van der Waals surface area contributed by atoms with Crippen LogP contribution in [0.25, 0.3) is 0 Å². The van der Waals surface area contributed by atoms with Gasteiger partial charge >= 0.3 is 18.2 Å². The van der Waals surface area contributed by atoms with Gasteiger partial charge < -0.3 is 44.0 Å². The molecule has 1 rings (SSSR count). The monoisotopic (exact) mass is 970 g/mol. The second-order valence-corrected chi connectivity index (χ2v) is 25.2. The van der Waals surface area contributed by atoms with Gasteiger partial charge in [0, 0.05) is 33.6 Å². The van der Waals surface area contributed by atoms with Crippen LogP contribution in [0.2, 0.25) is 18.1 Å². The number of nitrogens with zero attached hydrogens (tertiary/aromatic N) is 3. The third kappa shape index (κ3) is 19.2. The van der Waals surface area contributed by atoms with Gasteiger partial charge in [0.1, 0.15) is 35.4 Å². The summed E-state index contributed by atoms with van der Waals surface area (Å²) in [7, 11) is 0.718. The van der Waals surface area contributed by atoms with E-state index in [4.69, 9.17) is 18.6 Å². The zero-order valence-corrected chi connectivity index (χ0v) is 45.1. The van der Waals surface area contributed by atoms with E-state index in [1.807, 2.05) is 41.5 Å². The van der Waals surface area contributed by atoms with Gasteiger partial charge in [0.25, 0.3) is 11.8 Å². The van der Waals surface area contributed by atoms with Crippen LogP contribution in [0.5, 0.6) is 0 Å². The normalized spacial score (nSPS) is 17.1. The van der Waals surface area contributed by atoms with E-state index in [2.05, 4.69) is 42.3 Å². The molecule has 1 heterocycles. The first kappa shape index (κ1) is 60.6. The summed E-state index contributed by atoms with van der Waals surface area (Å²) in [5.74, 6) is -4.42. The first-order valence-corrected chi connectivity index (χ1v) is 26.7. The van der Waals surface area contributed by atoms with Crippen molar-refractivity contribution in [3.8, 4) is 0 Å². The van der Waals surface area contributed by atoms with Crippen LogP contribution in [0.15, 0.2) is 0 Å².